The van der Waals surface area contributed by atoms with E-state index in [0.29, 0.717) is 0 Å². The molecular weight excluding hydrogens is 78.1 g/mol. The molecule has 36 valence electrons. The van der Waals surface area contributed by atoms with E-state index in [9.17, 15) is 0 Å². The van der Waals surface area contributed by atoms with E-state index in [4.69, 9.17) is 5.84 Å². The van der Waals surface area contributed by atoms with Crippen molar-refractivity contribution in [2.24, 2.45) is 5.84 Å². The molecule has 0 bridgehead atoms. The lowest BCUT2D eigenvalue weighted by Crippen LogP contribution is -2.14. The summed E-state index contributed by atoms with van der Waals surface area (Å²) in [6, 6.07) is 0. The zero-order chi connectivity index (χ0) is 4.83. The first-order valence-corrected chi connectivity index (χ1v) is 1.70. The van der Waals surface area contributed by atoms with E-state index >= 15 is 0 Å². The third kappa shape index (κ3) is 3.30. The molecule has 0 radical (unpaired) electrons. The quantitative estimate of drug-likeness (QED) is 0.303. The summed E-state index contributed by atoms with van der Waals surface area (Å²) >= 11 is 0. The van der Waals surface area contributed by atoms with Crippen LogP contribution in [0.2, 0.25) is 0 Å². The fourth-order valence-corrected chi connectivity index (χ4v) is 0.131. The first kappa shape index (κ1) is 5.30. The first-order chi connectivity index (χ1) is 2.91. The van der Waals surface area contributed by atoms with Crippen molar-refractivity contribution in [3.05, 3.63) is 12.4 Å². The highest BCUT2D eigenvalue weighted by molar-refractivity contribution is 4.71. The summed E-state index contributed by atoms with van der Waals surface area (Å²) in [5.41, 5.74) is 2.33. The fraction of sp³-hybridized carbons (Fsp3) is 0.333. The molecule has 0 aliphatic rings. The zero-order valence-electron chi connectivity index (χ0n) is 3.73. The molecule has 0 saturated heterocycles. The maximum Gasteiger partial charge on any atom is 0.0279 e. The smallest absolute Gasteiger partial charge is 0.0279 e. The SMILES string of the molecule is CN/C=C\NN. The highest BCUT2D eigenvalue weighted by Crippen LogP contribution is 1.47. The van der Waals surface area contributed by atoms with Crippen LogP contribution >= 0.6 is 0 Å². The van der Waals surface area contributed by atoms with Crippen molar-refractivity contribution >= 4 is 0 Å². The lowest BCUT2D eigenvalue weighted by atomic mass is 10.9. The van der Waals surface area contributed by atoms with Gasteiger partial charge in [0.1, 0.15) is 0 Å². The van der Waals surface area contributed by atoms with Crippen LogP contribution in [0.25, 0.3) is 0 Å². The van der Waals surface area contributed by atoms with Gasteiger partial charge < -0.3 is 10.7 Å². The predicted molar refractivity (Wildman–Crippen MR) is 25.5 cm³/mol. The lowest BCUT2D eigenvalue weighted by Gasteiger charge is -1.83. The molecule has 0 aromatic carbocycles. The van der Waals surface area contributed by atoms with Crippen molar-refractivity contribution in [3.63, 3.8) is 0 Å². The van der Waals surface area contributed by atoms with Gasteiger partial charge in [-0.2, -0.15) is 0 Å². The summed E-state index contributed by atoms with van der Waals surface area (Å²) in [5.74, 6) is 4.84. The largest absolute Gasteiger partial charge is 0.393 e. The Balaban J connectivity index is 2.73. The van der Waals surface area contributed by atoms with Crippen LogP contribution in [-0.4, -0.2) is 7.05 Å². The molecule has 0 fully saturated rings. The third-order valence-electron chi connectivity index (χ3n) is 0.346. The summed E-state index contributed by atoms with van der Waals surface area (Å²) < 4.78 is 0. The molecule has 0 atom stereocenters. The summed E-state index contributed by atoms with van der Waals surface area (Å²) in [6.07, 6.45) is 3.29. The van der Waals surface area contributed by atoms with Crippen LogP contribution in [0.3, 0.4) is 0 Å². The van der Waals surface area contributed by atoms with Gasteiger partial charge in [0, 0.05) is 19.4 Å². The van der Waals surface area contributed by atoms with Crippen molar-refractivity contribution in [2.75, 3.05) is 7.05 Å². The van der Waals surface area contributed by atoms with Gasteiger partial charge in [-0.3, -0.25) is 5.84 Å². The molecule has 0 spiro atoms. The van der Waals surface area contributed by atoms with E-state index in [2.05, 4.69) is 10.7 Å². The number of hydrogen-bond acceptors (Lipinski definition) is 3. The normalized spacial score (nSPS) is 9.00. The van der Waals surface area contributed by atoms with E-state index in [1.165, 1.54) is 0 Å². The second-order valence-corrected chi connectivity index (χ2v) is 0.789. The van der Waals surface area contributed by atoms with E-state index < -0.39 is 0 Å². The van der Waals surface area contributed by atoms with Crippen molar-refractivity contribution in [3.8, 4) is 0 Å². The molecule has 0 heterocycles. The minimum Gasteiger partial charge on any atom is -0.393 e. The van der Waals surface area contributed by atoms with Crippen LogP contribution < -0.4 is 16.6 Å². The molecule has 0 rings (SSSR count). The van der Waals surface area contributed by atoms with Crippen LogP contribution in [0.1, 0.15) is 0 Å². The zero-order valence-corrected chi connectivity index (χ0v) is 3.73. The molecule has 0 amide bonds. The average Bonchev–Trinajstić information content (AvgIpc) is 1.61. The fourth-order valence-electron chi connectivity index (χ4n) is 0.131. The topological polar surface area (TPSA) is 50.1 Å². The van der Waals surface area contributed by atoms with Gasteiger partial charge in [-0.1, -0.05) is 0 Å². The molecule has 4 N–H and O–H groups in total. The molecule has 0 saturated carbocycles. The highest BCUT2D eigenvalue weighted by atomic mass is 15.2. The maximum atomic E-state index is 4.84. The van der Waals surface area contributed by atoms with E-state index in [1.54, 1.807) is 19.4 Å². The first-order valence-electron chi connectivity index (χ1n) is 1.70. The summed E-state index contributed by atoms with van der Waals surface area (Å²) in [4.78, 5) is 0. The Hall–Kier alpha value is -0.700. The summed E-state index contributed by atoms with van der Waals surface area (Å²) in [5, 5.41) is 2.75. The standard InChI is InChI=1S/C3H9N3/c1-5-2-3-6-4/h2-3,5-6H,4H2,1H3/b3-2-. The number of hydrazine groups is 1. The van der Waals surface area contributed by atoms with E-state index in [1.807, 2.05) is 0 Å². The molecular formula is C3H9N3. The van der Waals surface area contributed by atoms with Crippen LogP contribution in [0.15, 0.2) is 12.4 Å². The summed E-state index contributed by atoms with van der Waals surface area (Å²) in [6.45, 7) is 0. The van der Waals surface area contributed by atoms with Gasteiger partial charge >= 0.3 is 0 Å². The molecule has 0 aliphatic carbocycles. The van der Waals surface area contributed by atoms with Crippen molar-refractivity contribution in [1.82, 2.24) is 10.7 Å². The second-order valence-electron chi connectivity index (χ2n) is 0.789. The van der Waals surface area contributed by atoms with Crippen LogP contribution in [0, 0.1) is 0 Å². The predicted octanol–water partition coefficient (Wildman–Crippen LogP) is -0.860. The van der Waals surface area contributed by atoms with Crippen molar-refractivity contribution < 1.29 is 0 Å². The Morgan fingerprint density at radius 1 is 1.50 bits per heavy atom. The monoisotopic (exact) mass is 87.1 g/mol. The second kappa shape index (κ2) is 4.30. The van der Waals surface area contributed by atoms with Crippen LogP contribution in [-0.2, 0) is 0 Å². The van der Waals surface area contributed by atoms with Gasteiger partial charge in [-0.05, 0) is 0 Å². The Labute approximate surface area is 37.2 Å². The van der Waals surface area contributed by atoms with E-state index in [0.717, 1.165) is 0 Å². The van der Waals surface area contributed by atoms with Crippen molar-refractivity contribution in [2.45, 2.75) is 0 Å². The van der Waals surface area contributed by atoms with Crippen molar-refractivity contribution in [1.29, 1.82) is 0 Å². The minimum absolute atomic E-state index is 1.60. The molecule has 6 heavy (non-hydrogen) atoms. The van der Waals surface area contributed by atoms with Gasteiger partial charge in [-0.15, -0.1) is 0 Å². The van der Waals surface area contributed by atoms with Crippen LogP contribution in [0.4, 0.5) is 0 Å². The lowest BCUT2D eigenvalue weighted by molar-refractivity contribution is 0.943. The van der Waals surface area contributed by atoms with Gasteiger partial charge in [0.05, 0.1) is 0 Å². The Morgan fingerprint density at radius 3 is 2.33 bits per heavy atom. The maximum absolute atomic E-state index is 4.84. The molecule has 0 aliphatic heterocycles. The number of hydrogen-bond donors (Lipinski definition) is 3. The Bertz CT molecular complexity index is 35.3. The molecule has 0 aromatic heterocycles. The molecule has 3 heteroatoms. The average molecular weight is 87.1 g/mol. The van der Waals surface area contributed by atoms with Gasteiger partial charge in [-0.25, -0.2) is 0 Å². The number of rotatable bonds is 2. The Morgan fingerprint density at radius 2 is 2.17 bits per heavy atom. The molecule has 0 aromatic rings. The summed E-state index contributed by atoms with van der Waals surface area (Å²) in [7, 11) is 1.80. The third-order valence-corrected chi connectivity index (χ3v) is 0.346. The number of nitrogens with two attached hydrogens (primary N) is 1. The highest BCUT2D eigenvalue weighted by Gasteiger charge is 1.52. The Kier molecular flexibility index (Phi) is 3.80. The van der Waals surface area contributed by atoms with Crippen LogP contribution in [0.5, 0.6) is 0 Å². The molecule has 0 unspecified atom stereocenters. The van der Waals surface area contributed by atoms with Gasteiger partial charge in [0.2, 0.25) is 0 Å². The van der Waals surface area contributed by atoms with E-state index in [-0.39, 0.29) is 0 Å². The minimum atomic E-state index is 1.60. The molecule has 3 nitrogen and oxygen atoms in total. The van der Waals surface area contributed by atoms with Gasteiger partial charge in [0.25, 0.3) is 0 Å². The number of nitrogens with one attached hydrogen (secondary N) is 2. The van der Waals surface area contributed by atoms with Gasteiger partial charge in [0.15, 0.2) is 0 Å².